The van der Waals surface area contributed by atoms with Crippen molar-refractivity contribution in [2.45, 2.75) is 24.7 Å². The Morgan fingerprint density at radius 2 is 2.00 bits per heavy atom. The molecule has 2 aromatic heterocycles. The highest BCUT2D eigenvalue weighted by Gasteiger charge is 2.12. The van der Waals surface area contributed by atoms with Gasteiger partial charge in [-0.05, 0) is 19.4 Å². The number of nitrogens with zero attached hydrogens (tertiary/aromatic N) is 2. The van der Waals surface area contributed by atoms with Gasteiger partial charge in [0.25, 0.3) is 0 Å². The molecule has 0 N–H and O–H groups in total. The Labute approximate surface area is 130 Å². The van der Waals surface area contributed by atoms with Crippen LogP contribution in [0.25, 0.3) is 11.4 Å². The van der Waals surface area contributed by atoms with E-state index in [4.69, 9.17) is 8.94 Å². The summed E-state index contributed by atoms with van der Waals surface area (Å²) in [5.41, 5.74) is 0.926. The predicted octanol–water partition coefficient (Wildman–Crippen LogP) is 3.38. The maximum Gasteiger partial charge on any atom is 0.226 e. The van der Waals surface area contributed by atoms with Gasteiger partial charge in [-0.3, -0.25) is 4.21 Å². The normalized spacial score (nSPS) is 12.4. The number of aromatic nitrogens is 2. The van der Waals surface area contributed by atoms with Crippen molar-refractivity contribution in [2.75, 3.05) is 5.75 Å². The first-order chi connectivity index (χ1) is 10.7. The maximum absolute atomic E-state index is 12.1. The molecular weight excluding hydrogens is 300 g/mol. The van der Waals surface area contributed by atoms with Gasteiger partial charge in [-0.2, -0.15) is 4.98 Å². The average Bonchev–Trinajstić information content (AvgIpc) is 3.17. The van der Waals surface area contributed by atoms with Gasteiger partial charge in [-0.1, -0.05) is 35.5 Å². The topological polar surface area (TPSA) is 69.1 Å². The molecule has 0 unspecified atom stereocenters. The van der Waals surface area contributed by atoms with Gasteiger partial charge in [0.1, 0.15) is 5.76 Å². The monoisotopic (exact) mass is 316 g/mol. The van der Waals surface area contributed by atoms with Gasteiger partial charge in [0.15, 0.2) is 0 Å². The summed E-state index contributed by atoms with van der Waals surface area (Å²) in [6.45, 7) is 1.82. The van der Waals surface area contributed by atoms with E-state index in [0.717, 1.165) is 10.5 Å². The molecule has 3 aromatic rings. The standard InChI is InChI=1S/C16H16N2O3S/c1-12-14(9-10-20-12)22(19)11-5-8-15-17-16(18-21-15)13-6-3-2-4-7-13/h2-4,6-7,9-10H,5,8,11H2,1H3/t22-/m0/s1. The Morgan fingerprint density at radius 3 is 2.73 bits per heavy atom. The molecule has 0 fully saturated rings. The first kappa shape index (κ1) is 14.7. The van der Waals surface area contributed by atoms with E-state index in [-0.39, 0.29) is 0 Å². The Balaban J connectivity index is 1.56. The lowest BCUT2D eigenvalue weighted by atomic mass is 10.2. The third-order valence-electron chi connectivity index (χ3n) is 3.28. The van der Waals surface area contributed by atoms with E-state index in [2.05, 4.69) is 10.1 Å². The molecule has 0 radical (unpaired) electrons. The lowest BCUT2D eigenvalue weighted by Gasteiger charge is -1.98. The van der Waals surface area contributed by atoms with Crippen molar-refractivity contribution in [2.24, 2.45) is 0 Å². The molecule has 114 valence electrons. The van der Waals surface area contributed by atoms with Crippen LogP contribution in [0.1, 0.15) is 18.1 Å². The fourth-order valence-electron chi connectivity index (χ4n) is 2.13. The molecule has 1 atom stereocenters. The van der Waals surface area contributed by atoms with Crippen molar-refractivity contribution in [3.8, 4) is 11.4 Å². The number of hydrogen-bond donors (Lipinski definition) is 0. The molecule has 0 bridgehead atoms. The number of rotatable bonds is 6. The van der Waals surface area contributed by atoms with E-state index < -0.39 is 10.8 Å². The van der Waals surface area contributed by atoms with E-state index in [1.165, 1.54) is 0 Å². The molecular formula is C16H16N2O3S. The third kappa shape index (κ3) is 3.33. The van der Waals surface area contributed by atoms with Gasteiger partial charge in [0.05, 0.1) is 22.0 Å². The van der Waals surface area contributed by atoms with Gasteiger partial charge in [0.2, 0.25) is 11.7 Å². The maximum atomic E-state index is 12.1. The highest BCUT2D eigenvalue weighted by atomic mass is 32.2. The Kier molecular flexibility index (Phi) is 4.48. The van der Waals surface area contributed by atoms with Crippen molar-refractivity contribution in [3.63, 3.8) is 0 Å². The van der Waals surface area contributed by atoms with Crippen molar-refractivity contribution >= 4 is 10.8 Å². The van der Waals surface area contributed by atoms with Crippen LogP contribution >= 0.6 is 0 Å². The highest BCUT2D eigenvalue weighted by molar-refractivity contribution is 7.85. The van der Waals surface area contributed by atoms with Crippen LogP contribution in [0.15, 0.2) is 56.5 Å². The summed E-state index contributed by atoms with van der Waals surface area (Å²) in [4.78, 5) is 5.12. The van der Waals surface area contributed by atoms with Crippen LogP contribution in [0, 0.1) is 6.92 Å². The summed E-state index contributed by atoms with van der Waals surface area (Å²) in [5.74, 6) is 2.41. The summed E-state index contributed by atoms with van der Waals surface area (Å²) in [6.07, 6.45) is 2.89. The molecule has 0 amide bonds. The van der Waals surface area contributed by atoms with E-state index in [1.807, 2.05) is 37.3 Å². The predicted molar refractivity (Wildman–Crippen MR) is 82.8 cm³/mol. The molecule has 3 rings (SSSR count). The quantitative estimate of drug-likeness (QED) is 0.697. The first-order valence-corrected chi connectivity index (χ1v) is 8.36. The second kappa shape index (κ2) is 6.70. The molecule has 0 saturated heterocycles. The zero-order valence-corrected chi connectivity index (χ0v) is 13.0. The molecule has 0 spiro atoms. The molecule has 6 heteroatoms. The summed E-state index contributed by atoms with van der Waals surface area (Å²) in [5, 5.41) is 3.97. The number of benzene rings is 1. The Morgan fingerprint density at radius 1 is 1.18 bits per heavy atom. The minimum Gasteiger partial charge on any atom is -0.468 e. The van der Waals surface area contributed by atoms with Gasteiger partial charge in [-0.15, -0.1) is 0 Å². The summed E-state index contributed by atoms with van der Waals surface area (Å²) < 4.78 is 22.5. The molecule has 5 nitrogen and oxygen atoms in total. The smallest absolute Gasteiger partial charge is 0.226 e. The first-order valence-electron chi connectivity index (χ1n) is 7.04. The molecule has 1 aromatic carbocycles. The SMILES string of the molecule is Cc1occc1[S@@](=O)CCCc1nc(-c2ccccc2)no1. The largest absolute Gasteiger partial charge is 0.468 e. The van der Waals surface area contributed by atoms with Crippen molar-refractivity contribution in [3.05, 3.63) is 54.3 Å². The van der Waals surface area contributed by atoms with Crippen molar-refractivity contribution in [1.29, 1.82) is 0 Å². The minimum absolute atomic E-state index is 0.545. The average molecular weight is 316 g/mol. The van der Waals surface area contributed by atoms with Crippen molar-refractivity contribution in [1.82, 2.24) is 10.1 Å². The number of aryl methyl sites for hydroxylation is 2. The lowest BCUT2D eigenvalue weighted by molar-refractivity contribution is 0.378. The molecule has 0 aliphatic heterocycles. The summed E-state index contributed by atoms with van der Waals surface area (Å²) in [6, 6.07) is 11.4. The van der Waals surface area contributed by atoms with Crippen molar-refractivity contribution < 1.29 is 13.1 Å². The number of furan rings is 1. The number of hydrogen-bond acceptors (Lipinski definition) is 5. The Bertz CT molecular complexity index is 765. The van der Waals surface area contributed by atoms with Crippen LogP contribution < -0.4 is 0 Å². The van der Waals surface area contributed by atoms with E-state index in [0.29, 0.717) is 36.1 Å². The molecule has 0 aliphatic rings. The van der Waals surface area contributed by atoms with Gasteiger partial charge < -0.3 is 8.94 Å². The van der Waals surface area contributed by atoms with Crippen LogP contribution in [0.2, 0.25) is 0 Å². The molecule has 22 heavy (non-hydrogen) atoms. The van der Waals surface area contributed by atoms with Crippen LogP contribution in [-0.2, 0) is 17.2 Å². The van der Waals surface area contributed by atoms with Gasteiger partial charge >= 0.3 is 0 Å². The zero-order valence-electron chi connectivity index (χ0n) is 12.2. The van der Waals surface area contributed by atoms with Crippen LogP contribution in [-0.4, -0.2) is 20.1 Å². The van der Waals surface area contributed by atoms with E-state index in [1.54, 1.807) is 12.3 Å². The van der Waals surface area contributed by atoms with Crippen LogP contribution in [0.4, 0.5) is 0 Å². The molecule has 2 heterocycles. The van der Waals surface area contributed by atoms with E-state index >= 15 is 0 Å². The fourth-order valence-corrected chi connectivity index (χ4v) is 3.34. The van der Waals surface area contributed by atoms with Gasteiger partial charge in [0, 0.05) is 17.7 Å². The lowest BCUT2D eigenvalue weighted by Crippen LogP contribution is -2.00. The zero-order chi connectivity index (χ0) is 15.4. The second-order valence-electron chi connectivity index (χ2n) is 4.87. The second-order valence-corrected chi connectivity index (χ2v) is 6.41. The summed E-state index contributed by atoms with van der Waals surface area (Å²) in [7, 11) is -1.05. The third-order valence-corrected chi connectivity index (χ3v) is 4.85. The van der Waals surface area contributed by atoms with Crippen LogP contribution in [0.5, 0.6) is 0 Å². The minimum atomic E-state index is -1.05. The molecule has 0 saturated carbocycles. The Hall–Kier alpha value is -2.21. The fraction of sp³-hybridized carbons (Fsp3) is 0.250. The summed E-state index contributed by atoms with van der Waals surface area (Å²) >= 11 is 0. The van der Waals surface area contributed by atoms with Gasteiger partial charge in [-0.25, -0.2) is 0 Å². The highest BCUT2D eigenvalue weighted by Crippen LogP contribution is 2.17. The van der Waals surface area contributed by atoms with Crippen LogP contribution in [0.3, 0.4) is 0 Å². The molecule has 0 aliphatic carbocycles. The van der Waals surface area contributed by atoms with E-state index in [9.17, 15) is 4.21 Å².